The fourth-order valence-electron chi connectivity index (χ4n) is 1.41. The maximum absolute atomic E-state index is 5.70. The van der Waals surface area contributed by atoms with E-state index < -0.39 is 0 Å². The number of nitrogens with zero attached hydrogens (tertiary/aromatic N) is 2. The van der Waals surface area contributed by atoms with Gasteiger partial charge in [-0.2, -0.15) is 0 Å². The van der Waals surface area contributed by atoms with Crippen LogP contribution in [0.25, 0.3) is 0 Å². The van der Waals surface area contributed by atoms with Crippen molar-refractivity contribution in [3.05, 3.63) is 41.9 Å². The number of nitrogen functional groups attached to an aromatic ring is 1. The van der Waals surface area contributed by atoms with Gasteiger partial charge in [-0.15, -0.1) is 0 Å². The molecule has 0 aliphatic heterocycles. The minimum absolute atomic E-state index is 0.702. The molecule has 0 saturated carbocycles. The Kier molecular flexibility index (Phi) is 2.72. The van der Waals surface area contributed by atoms with E-state index in [2.05, 4.69) is 15.3 Å². The van der Waals surface area contributed by atoms with Crippen LogP contribution in [0.2, 0.25) is 0 Å². The summed E-state index contributed by atoms with van der Waals surface area (Å²) >= 11 is 0. The van der Waals surface area contributed by atoms with E-state index in [-0.39, 0.29) is 0 Å². The van der Waals surface area contributed by atoms with Gasteiger partial charge in [0, 0.05) is 6.20 Å². The summed E-state index contributed by atoms with van der Waals surface area (Å²) in [6, 6.07) is 5.71. The van der Waals surface area contributed by atoms with Crippen LogP contribution in [0.5, 0.6) is 0 Å². The molecule has 0 aliphatic carbocycles. The van der Waals surface area contributed by atoms with Crippen LogP contribution in [0.4, 0.5) is 17.2 Å². The summed E-state index contributed by atoms with van der Waals surface area (Å²) in [4.78, 5) is 8.44. The quantitative estimate of drug-likeness (QED) is 0.805. The van der Waals surface area contributed by atoms with Gasteiger partial charge in [0.15, 0.2) is 0 Å². The number of nitrogens with two attached hydrogens (primary N) is 1. The van der Waals surface area contributed by atoms with Gasteiger partial charge in [0.25, 0.3) is 0 Å². The van der Waals surface area contributed by atoms with Crippen LogP contribution in [-0.4, -0.2) is 9.97 Å². The standard InChI is InChI=1S/C12H14N4/c1-8-5-10(7-14-6-8)16-12-4-3-11(13)9(2)15-12/h3-7H,13H2,1-2H3,(H,15,16). The predicted molar refractivity (Wildman–Crippen MR) is 65.6 cm³/mol. The molecule has 0 radical (unpaired) electrons. The molecule has 0 unspecified atom stereocenters. The number of rotatable bonds is 2. The summed E-state index contributed by atoms with van der Waals surface area (Å²) in [7, 11) is 0. The van der Waals surface area contributed by atoms with E-state index in [1.807, 2.05) is 38.2 Å². The highest BCUT2D eigenvalue weighted by molar-refractivity contribution is 5.58. The molecule has 82 valence electrons. The predicted octanol–water partition coefficient (Wildman–Crippen LogP) is 2.42. The van der Waals surface area contributed by atoms with Gasteiger partial charge >= 0.3 is 0 Å². The summed E-state index contributed by atoms with van der Waals surface area (Å²) in [5.41, 5.74) is 9.27. The highest BCUT2D eigenvalue weighted by atomic mass is 15.0. The van der Waals surface area contributed by atoms with Gasteiger partial charge in [-0.1, -0.05) is 0 Å². The molecule has 4 heteroatoms. The number of nitrogens with one attached hydrogen (secondary N) is 1. The Morgan fingerprint density at radius 2 is 2.00 bits per heavy atom. The van der Waals surface area contributed by atoms with Crippen molar-refractivity contribution in [1.29, 1.82) is 0 Å². The molecule has 16 heavy (non-hydrogen) atoms. The molecule has 2 aromatic heterocycles. The van der Waals surface area contributed by atoms with E-state index in [0.29, 0.717) is 5.69 Å². The van der Waals surface area contributed by atoms with Crippen molar-refractivity contribution >= 4 is 17.2 Å². The average Bonchev–Trinajstić information content (AvgIpc) is 2.24. The summed E-state index contributed by atoms with van der Waals surface area (Å²) in [5.74, 6) is 0.777. The summed E-state index contributed by atoms with van der Waals surface area (Å²) in [6.07, 6.45) is 3.58. The van der Waals surface area contributed by atoms with Crippen molar-refractivity contribution in [3.63, 3.8) is 0 Å². The molecule has 2 aromatic rings. The Bertz CT molecular complexity index is 508. The highest BCUT2D eigenvalue weighted by Crippen LogP contribution is 2.17. The van der Waals surface area contributed by atoms with Gasteiger partial charge < -0.3 is 11.1 Å². The van der Waals surface area contributed by atoms with Gasteiger partial charge in [-0.05, 0) is 37.6 Å². The number of pyridine rings is 2. The van der Waals surface area contributed by atoms with Crippen molar-refractivity contribution < 1.29 is 0 Å². The molecule has 4 nitrogen and oxygen atoms in total. The summed E-state index contributed by atoms with van der Waals surface area (Å²) in [5, 5.41) is 3.18. The molecule has 0 amide bonds. The Balaban J connectivity index is 2.24. The normalized spacial score (nSPS) is 10.1. The lowest BCUT2D eigenvalue weighted by molar-refractivity contribution is 1.19. The smallest absolute Gasteiger partial charge is 0.130 e. The number of hydrogen-bond acceptors (Lipinski definition) is 4. The van der Waals surface area contributed by atoms with Gasteiger partial charge in [0.1, 0.15) is 5.82 Å². The van der Waals surface area contributed by atoms with Crippen LogP contribution in [0.15, 0.2) is 30.6 Å². The first-order chi connectivity index (χ1) is 7.65. The van der Waals surface area contributed by atoms with Crippen molar-refractivity contribution in [1.82, 2.24) is 9.97 Å². The first kappa shape index (κ1) is 10.4. The van der Waals surface area contributed by atoms with Crippen LogP contribution < -0.4 is 11.1 Å². The van der Waals surface area contributed by atoms with Crippen molar-refractivity contribution in [3.8, 4) is 0 Å². The third-order valence-corrected chi connectivity index (χ3v) is 2.27. The molecule has 0 atom stereocenters. The van der Waals surface area contributed by atoms with Crippen molar-refractivity contribution in [2.45, 2.75) is 13.8 Å². The Morgan fingerprint density at radius 3 is 2.69 bits per heavy atom. The number of hydrogen-bond donors (Lipinski definition) is 2. The minimum atomic E-state index is 0.702. The molecule has 0 saturated heterocycles. The molecule has 0 aromatic carbocycles. The molecule has 2 rings (SSSR count). The van der Waals surface area contributed by atoms with E-state index in [0.717, 1.165) is 22.8 Å². The van der Waals surface area contributed by atoms with E-state index in [9.17, 15) is 0 Å². The molecular formula is C12H14N4. The zero-order valence-corrected chi connectivity index (χ0v) is 9.36. The van der Waals surface area contributed by atoms with Gasteiger partial charge in [0.05, 0.1) is 23.3 Å². The third-order valence-electron chi connectivity index (χ3n) is 2.27. The Hall–Kier alpha value is -2.10. The second-order valence-electron chi connectivity index (χ2n) is 3.75. The van der Waals surface area contributed by atoms with E-state index >= 15 is 0 Å². The molecule has 0 spiro atoms. The monoisotopic (exact) mass is 214 g/mol. The average molecular weight is 214 g/mol. The molecular weight excluding hydrogens is 200 g/mol. The largest absolute Gasteiger partial charge is 0.397 e. The second kappa shape index (κ2) is 4.18. The van der Waals surface area contributed by atoms with Gasteiger partial charge in [0.2, 0.25) is 0 Å². The van der Waals surface area contributed by atoms with E-state index in [1.165, 1.54) is 0 Å². The fourth-order valence-corrected chi connectivity index (χ4v) is 1.41. The number of anilines is 3. The van der Waals surface area contributed by atoms with Gasteiger partial charge in [-0.3, -0.25) is 4.98 Å². The molecule has 2 heterocycles. The minimum Gasteiger partial charge on any atom is -0.397 e. The topological polar surface area (TPSA) is 63.8 Å². The summed E-state index contributed by atoms with van der Waals surface area (Å²) in [6.45, 7) is 3.88. The lowest BCUT2D eigenvalue weighted by Gasteiger charge is -2.07. The molecule has 0 bridgehead atoms. The van der Waals surface area contributed by atoms with E-state index in [4.69, 9.17) is 5.73 Å². The maximum atomic E-state index is 5.70. The Labute approximate surface area is 94.5 Å². The SMILES string of the molecule is Cc1cncc(Nc2ccc(N)c(C)n2)c1. The highest BCUT2D eigenvalue weighted by Gasteiger charge is 1.99. The zero-order valence-electron chi connectivity index (χ0n) is 9.36. The first-order valence-electron chi connectivity index (χ1n) is 5.07. The van der Waals surface area contributed by atoms with Crippen molar-refractivity contribution in [2.24, 2.45) is 0 Å². The molecule has 0 fully saturated rings. The zero-order chi connectivity index (χ0) is 11.5. The van der Waals surface area contributed by atoms with Gasteiger partial charge in [-0.25, -0.2) is 4.98 Å². The Morgan fingerprint density at radius 1 is 1.19 bits per heavy atom. The lowest BCUT2D eigenvalue weighted by Crippen LogP contribution is -1.98. The first-order valence-corrected chi connectivity index (χ1v) is 5.07. The van der Waals surface area contributed by atoms with E-state index in [1.54, 1.807) is 6.20 Å². The van der Waals surface area contributed by atoms with Crippen LogP contribution in [0, 0.1) is 13.8 Å². The second-order valence-corrected chi connectivity index (χ2v) is 3.75. The molecule has 3 N–H and O–H groups in total. The fraction of sp³-hybridized carbons (Fsp3) is 0.167. The molecule has 0 aliphatic rings. The number of aromatic nitrogens is 2. The third kappa shape index (κ3) is 2.28. The van der Waals surface area contributed by atoms with Crippen LogP contribution >= 0.6 is 0 Å². The maximum Gasteiger partial charge on any atom is 0.130 e. The summed E-state index contributed by atoms with van der Waals surface area (Å²) < 4.78 is 0. The van der Waals surface area contributed by atoms with Crippen LogP contribution in [-0.2, 0) is 0 Å². The van der Waals surface area contributed by atoms with Crippen molar-refractivity contribution in [2.75, 3.05) is 11.1 Å². The van der Waals surface area contributed by atoms with Crippen LogP contribution in [0.1, 0.15) is 11.3 Å². The van der Waals surface area contributed by atoms with Crippen LogP contribution in [0.3, 0.4) is 0 Å². The lowest BCUT2D eigenvalue weighted by atomic mass is 10.3. The number of aryl methyl sites for hydroxylation is 2.